The molecule has 0 radical (unpaired) electrons. The van der Waals surface area contributed by atoms with E-state index in [2.05, 4.69) is 10.6 Å². The fraction of sp³-hybridized carbons (Fsp3) is 0.364. The van der Waals surface area contributed by atoms with Gasteiger partial charge in [0.1, 0.15) is 6.04 Å². The van der Waals surface area contributed by atoms with Crippen LogP contribution in [0.4, 0.5) is 0 Å². The molecule has 0 bridgehead atoms. The Bertz CT molecular complexity index is 804. The minimum atomic E-state index is -0.598. The van der Waals surface area contributed by atoms with Crippen LogP contribution < -0.4 is 10.6 Å². The SMILES string of the molecule is Cc1ccccc1C(=O)NC(CC(C)C)C(=O)NC(C)c1cccc(Cl)c1. The maximum atomic E-state index is 12.8. The van der Waals surface area contributed by atoms with Crippen LogP contribution in [0.25, 0.3) is 0 Å². The van der Waals surface area contributed by atoms with E-state index in [1.165, 1.54) is 0 Å². The van der Waals surface area contributed by atoms with E-state index >= 15 is 0 Å². The van der Waals surface area contributed by atoms with Crippen LogP contribution in [-0.2, 0) is 4.79 Å². The van der Waals surface area contributed by atoms with Crippen molar-refractivity contribution in [2.45, 2.75) is 46.2 Å². The van der Waals surface area contributed by atoms with Crippen molar-refractivity contribution in [3.63, 3.8) is 0 Å². The number of benzene rings is 2. The first kappa shape index (κ1) is 21.0. The van der Waals surface area contributed by atoms with Crippen LogP contribution in [0.1, 0.15) is 54.7 Å². The molecule has 0 spiro atoms. The first-order chi connectivity index (χ1) is 12.8. The van der Waals surface area contributed by atoms with Crippen molar-refractivity contribution >= 4 is 23.4 Å². The largest absolute Gasteiger partial charge is 0.348 e. The first-order valence-electron chi connectivity index (χ1n) is 9.20. The third kappa shape index (κ3) is 6.10. The molecule has 2 aromatic rings. The molecule has 2 atom stereocenters. The van der Waals surface area contributed by atoms with Gasteiger partial charge in [-0.1, -0.05) is 55.8 Å². The standard InChI is InChI=1S/C22H27ClN2O2/c1-14(2)12-20(25-21(26)19-11-6-5-8-15(19)3)22(27)24-16(4)17-9-7-10-18(23)13-17/h5-11,13-14,16,20H,12H2,1-4H3,(H,24,27)(H,25,26). The Balaban J connectivity index is 2.11. The van der Waals surface area contributed by atoms with E-state index in [1.54, 1.807) is 12.1 Å². The Kier molecular flexibility index (Phi) is 7.43. The topological polar surface area (TPSA) is 58.2 Å². The monoisotopic (exact) mass is 386 g/mol. The lowest BCUT2D eigenvalue weighted by Gasteiger charge is -2.23. The van der Waals surface area contributed by atoms with Gasteiger partial charge in [0.2, 0.25) is 5.91 Å². The molecule has 27 heavy (non-hydrogen) atoms. The Morgan fingerprint density at radius 3 is 2.33 bits per heavy atom. The van der Waals surface area contributed by atoms with Crippen molar-refractivity contribution in [2.24, 2.45) is 5.92 Å². The maximum absolute atomic E-state index is 12.8. The van der Waals surface area contributed by atoms with Crippen LogP contribution in [0.2, 0.25) is 5.02 Å². The molecule has 0 heterocycles. The summed E-state index contributed by atoms with van der Waals surface area (Å²) in [5, 5.41) is 6.51. The summed E-state index contributed by atoms with van der Waals surface area (Å²) < 4.78 is 0. The summed E-state index contributed by atoms with van der Waals surface area (Å²) >= 11 is 6.04. The molecule has 0 fully saturated rings. The molecular formula is C22H27ClN2O2. The molecular weight excluding hydrogens is 360 g/mol. The number of carbonyl (C=O) groups excluding carboxylic acids is 2. The molecule has 2 aromatic carbocycles. The minimum absolute atomic E-state index is 0.196. The number of aryl methyl sites for hydroxylation is 1. The van der Waals surface area contributed by atoms with Crippen LogP contribution in [0.5, 0.6) is 0 Å². The van der Waals surface area contributed by atoms with Crippen LogP contribution in [0.15, 0.2) is 48.5 Å². The van der Waals surface area contributed by atoms with Gasteiger partial charge in [0, 0.05) is 10.6 Å². The predicted molar refractivity (Wildman–Crippen MR) is 110 cm³/mol. The van der Waals surface area contributed by atoms with E-state index in [-0.39, 0.29) is 23.8 Å². The van der Waals surface area contributed by atoms with E-state index in [9.17, 15) is 9.59 Å². The molecule has 0 saturated carbocycles. The average Bonchev–Trinajstić information content (AvgIpc) is 2.61. The Morgan fingerprint density at radius 2 is 1.70 bits per heavy atom. The van der Waals surface area contributed by atoms with Crippen LogP contribution in [-0.4, -0.2) is 17.9 Å². The maximum Gasteiger partial charge on any atom is 0.252 e. The number of carbonyl (C=O) groups is 2. The van der Waals surface area contributed by atoms with Gasteiger partial charge < -0.3 is 10.6 Å². The molecule has 0 aliphatic heterocycles. The second kappa shape index (κ2) is 9.56. The van der Waals surface area contributed by atoms with Gasteiger partial charge in [0.15, 0.2) is 0 Å². The molecule has 0 aliphatic carbocycles. The highest BCUT2D eigenvalue weighted by molar-refractivity contribution is 6.30. The average molecular weight is 387 g/mol. The quantitative estimate of drug-likeness (QED) is 0.726. The lowest BCUT2D eigenvalue weighted by molar-refractivity contribution is -0.124. The Morgan fingerprint density at radius 1 is 1.00 bits per heavy atom. The van der Waals surface area contributed by atoms with E-state index in [0.29, 0.717) is 17.0 Å². The van der Waals surface area contributed by atoms with E-state index in [1.807, 2.05) is 64.1 Å². The van der Waals surface area contributed by atoms with Crippen LogP contribution >= 0.6 is 11.6 Å². The number of hydrogen-bond donors (Lipinski definition) is 2. The number of rotatable bonds is 7. The highest BCUT2D eigenvalue weighted by Gasteiger charge is 2.24. The summed E-state index contributed by atoms with van der Waals surface area (Å²) in [7, 11) is 0. The molecule has 0 saturated heterocycles. The van der Waals surface area contributed by atoms with Crippen molar-refractivity contribution in [3.8, 4) is 0 Å². The molecule has 144 valence electrons. The zero-order chi connectivity index (χ0) is 20.0. The third-order valence-electron chi connectivity index (χ3n) is 4.43. The number of hydrogen-bond acceptors (Lipinski definition) is 2. The smallest absolute Gasteiger partial charge is 0.252 e. The third-order valence-corrected chi connectivity index (χ3v) is 4.66. The normalized spacial score (nSPS) is 13.1. The van der Waals surface area contributed by atoms with Crippen molar-refractivity contribution in [3.05, 3.63) is 70.2 Å². The fourth-order valence-electron chi connectivity index (χ4n) is 2.94. The molecule has 0 aromatic heterocycles. The Labute approximate surface area is 166 Å². The summed E-state index contributed by atoms with van der Waals surface area (Å²) in [6, 6.07) is 13.9. The molecule has 2 amide bonds. The number of nitrogens with one attached hydrogen (secondary N) is 2. The fourth-order valence-corrected chi connectivity index (χ4v) is 3.14. The van der Waals surface area contributed by atoms with Crippen LogP contribution in [0, 0.1) is 12.8 Å². The van der Waals surface area contributed by atoms with Crippen molar-refractivity contribution in [1.29, 1.82) is 0 Å². The first-order valence-corrected chi connectivity index (χ1v) is 9.58. The zero-order valence-corrected chi connectivity index (χ0v) is 17.0. The highest BCUT2D eigenvalue weighted by Crippen LogP contribution is 2.18. The molecule has 0 aliphatic rings. The summed E-state index contributed by atoms with van der Waals surface area (Å²) in [6.07, 6.45) is 0.561. The summed E-state index contributed by atoms with van der Waals surface area (Å²) in [6.45, 7) is 7.84. The lowest BCUT2D eigenvalue weighted by atomic mass is 10.0. The summed E-state index contributed by atoms with van der Waals surface area (Å²) in [4.78, 5) is 25.5. The van der Waals surface area contributed by atoms with Gasteiger partial charge in [-0.15, -0.1) is 0 Å². The van der Waals surface area contributed by atoms with Crippen LogP contribution in [0.3, 0.4) is 0 Å². The molecule has 4 nitrogen and oxygen atoms in total. The van der Waals surface area contributed by atoms with Gasteiger partial charge >= 0.3 is 0 Å². The number of halogens is 1. The van der Waals surface area contributed by atoms with Gasteiger partial charge in [-0.05, 0) is 55.5 Å². The van der Waals surface area contributed by atoms with E-state index in [4.69, 9.17) is 11.6 Å². The predicted octanol–water partition coefficient (Wildman–Crippen LogP) is 4.67. The Hall–Kier alpha value is -2.33. The van der Waals surface area contributed by atoms with E-state index < -0.39 is 6.04 Å². The second-order valence-electron chi connectivity index (χ2n) is 7.26. The second-order valence-corrected chi connectivity index (χ2v) is 7.69. The molecule has 2 unspecified atom stereocenters. The summed E-state index contributed by atoms with van der Waals surface area (Å²) in [5.41, 5.74) is 2.39. The zero-order valence-electron chi connectivity index (χ0n) is 16.3. The molecule has 5 heteroatoms. The van der Waals surface area contributed by atoms with Gasteiger partial charge in [0.25, 0.3) is 5.91 Å². The number of amides is 2. The van der Waals surface area contributed by atoms with E-state index in [0.717, 1.165) is 11.1 Å². The van der Waals surface area contributed by atoms with Crippen molar-refractivity contribution < 1.29 is 9.59 Å². The van der Waals surface area contributed by atoms with Crippen molar-refractivity contribution in [2.75, 3.05) is 0 Å². The minimum Gasteiger partial charge on any atom is -0.348 e. The van der Waals surface area contributed by atoms with Gasteiger partial charge in [-0.2, -0.15) is 0 Å². The van der Waals surface area contributed by atoms with Gasteiger partial charge in [-0.25, -0.2) is 0 Å². The van der Waals surface area contributed by atoms with Gasteiger partial charge in [-0.3, -0.25) is 9.59 Å². The lowest BCUT2D eigenvalue weighted by Crippen LogP contribution is -2.48. The van der Waals surface area contributed by atoms with Gasteiger partial charge in [0.05, 0.1) is 6.04 Å². The highest BCUT2D eigenvalue weighted by atomic mass is 35.5. The molecule has 2 rings (SSSR count). The summed E-state index contributed by atoms with van der Waals surface area (Å²) in [5.74, 6) is -0.165. The molecule has 2 N–H and O–H groups in total. The van der Waals surface area contributed by atoms with Crippen molar-refractivity contribution in [1.82, 2.24) is 10.6 Å².